The fourth-order valence-electron chi connectivity index (χ4n) is 5.70. The molecule has 2 aromatic carbocycles. The third-order valence-corrected chi connectivity index (χ3v) is 8.08. The lowest BCUT2D eigenvalue weighted by Gasteiger charge is -2.25. The van der Waals surface area contributed by atoms with E-state index in [2.05, 4.69) is 10.6 Å². The fraction of sp³-hybridized carbons (Fsp3) is 0.457. The summed E-state index contributed by atoms with van der Waals surface area (Å²) in [4.78, 5) is 41.6. The molecule has 2 aliphatic rings. The number of allylic oxidation sites excluding steroid dienone is 2. The Hall–Kier alpha value is -3.67. The Kier molecular flexibility index (Phi) is 12.2. The fourth-order valence-corrected chi connectivity index (χ4v) is 5.70. The second-order valence-electron chi connectivity index (χ2n) is 11.2. The van der Waals surface area contributed by atoms with E-state index in [4.69, 9.17) is 0 Å². The monoisotopic (exact) mass is 555 g/mol. The van der Waals surface area contributed by atoms with E-state index in [0.29, 0.717) is 38.0 Å². The van der Waals surface area contributed by atoms with E-state index in [1.807, 2.05) is 72.8 Å². The van der Waals surface area contributed by atoms with Gasteiger partial charge in [0.15, 0.2) is 0 Å². The SMILES string of the molecule is O=C1CCCCCCCCCCCNC(=O)[C@@H]2CCCN2C(=O)/C(c2ccccc2)=C\C=C(\c2ccccc2)CN1. The summed E-state index contributed by atoms with van der Waals surface area (Å²) in [7, 11) is 0. The molecular formula is C35H45N3O3. The van der Waals surface area contributed by atoms with Crippen LogP contribution in [0.4, 0.5) is 0 Å². The van der Waals surface area contributed by atoms with Gasteiger partial charge in [0, 0.05) is 31.6 Å². The first-order valence-corrected chi connectivity index (χ1v) is 15.5. The third kappa shape index (κ3) is 9.44. The van der Waals surface area contributed by atoms with Crippen LogP contribution in [-0.4, -0.2) is 48.3 Å². The second kappa shape index (κ2) is 16.6. The van der Waals surface area contributed by atoms with Gasteiger partial charge >= 0.3 is 0 Å². The quantitative estimate of drug-likeness (QED) is 0.457. The summed E-state index contributed by atoms with van der Waals surface area (Å²) in [5.74, 6) is -0.135. The van der Waals surface area contributed by atoms with Gasteiger partial charge in [0.2, 0.25) is 11.8 Å². The van der Waals surface area contributed by atoms with E-state index in [1.165, 1.54) is 25.7 Å². The average molecular weight is 556 g/mol. The number of nitrogens with zero attached hydrogens (tertiary/aromatic N) is 1. The summed E-state index contributed by atoms with van der Waals surface area (Å²) in [5.41, 5.74) is 3.27. The molecule has 41 heavy (non-hydrogen) atoms. The number of amides is 3. The number of hydrogen-bond donors (Lipinski definition) is 2. The van der Waals surface area contributed by atoms with Crippen LogP contribution in [0.25, 0.3) is 11.1 Å². The third-order valence-electron chi connectivity index (χ3n) is 8.08. The molecule has 1 fully saturated rings. The lowest BCUT2D eigenvalue weighted by atomic mass is 10.0. The number of rotatable bonds is 2. The van der Waals surface area contributed by atoms with E-state index < -0.39 is 6.04 Å². The maximum atomic E-state index is 14.0. The molecule has 6 nitrogen and oxygen atoms in total. The first-order valence-electron chi connectivity index (χ1n) is 15.5. The maximum Gasteiger partial charge on any atom is 0.255 e. The minimum absolute atomic E-state index is 0.0510. The minimum Gasteiger partial charge on any atom is -0.354 e. The molecule has 2 N–H and O–H groups in total. The van der Waals surface area contributed by atoms with Crippen molar-refractivity contribution in [2.75, 3.05) is 19.6 Å². The van der Waals surface area contributed by atoms with Gasteiger partial charge in [-0.25, -0.2) is 0 Å². The van der Waals surface area contributed by atoms with Crippen molar-refractivity contribution in [3.8, 4) is 0 Å². The lowest BCUT2D eigenvalue weighted by molar-refractivity contribution is -0.134. The Morgan fingerprint density at radius 2 is 1.24 bits per heavy atom. The maximum absolute atomic E-state index is 14.0. The zero-order chi connectivity index (χ0) is 28.7. The van der Waals surface area contributed by atoms with Crippen molar-refractivity contribution < 1.29 is 14.4 Å². The van der Waals surface area contributed by atoms with Gasteiger partial charge in [0.05, 0.1) is 0 Å². The molecule has 0 radical (unpaired) electrons. The number of benzene rings is 2. The highest BCUT2D eigenvalue weighted by Gasteiger charge is 2.35. The first kappa shape index (κ1) is 30.3. The standard InChI is InChI=1S/C35H45N3O3/c39-33-22-14-6-4-2-1-3-5-7-15-25-36-34(40)32-21-16-26-38(32)35(41)31(29-19-12-9-13-20-29)24-23-30(27-37-33)28-17-10-8-11-18-28/h8-13,17-20,23-24,32H,1-7,14-16,21-22,25-27H2,(H,36,40)(H,37,39)/b30-23+,31-24-/t32-/m0/s1. The molecule has 4 rings (SSSR count). The van der Waals surface area contributed by atoms with Gasteiger partial charge in [0.25, 0.3) is 5.91 Å². The Morgan fingerprint density at radius 3 is 1.93 bits per heavy atom. The van der Waals surface area contributed by atoms with Gasteiger partial charge < -0.3 is 15.5 Å². The minimum atomic E-state index is -0.451. The number of nitrogens with one attached hydrogen (secondary N) is 2. The molecular weight excluding hydrogens is 510 g/mol. The van der Waals surface area contributed by atoms with E-state index in [9.17, 15) is 14.4 Å². The van der Waals surface area contributed by atoms with E-state index in [1.54, 1.807) is 4.90 Å². The topological polar surface area (TPSA) is 78.5 Å². The summed E-state index contributed by atoms with van der Waals surface area (Å²) in [6.07, 6.45) is 15.8. The van der Waals surface area contributed by atoms with Crippen LogP contribution in [0.2, 0.25) is 0 Å². The van der Waals surface area contributed by atoms with Gasteiger partial charge in [0.1, 0.15) is 6.04 Å². The molecule has 0 unspecified atom stereocenters. The van der Waals surface area contributed by atoms with Crippen LogP contribution in [0.5, 0.6) is 0 Å². The van der Waals surface area contributed by atoms with Crippen LogP contribution >= 0.6 is 0 Å². The van der Waals surface area contributed by atoms with Crippen LogP contribution < -0.4 is 10.6 Å². The number of hydrogen-bond acceptors (Lipinski definition) is 3. The van der Waals surface area contributed by atoms with Crippen molar-refractivity contribution in [1.82, 2.24) is 15.5 Å². The highest BCUT2D eigenvalue weighted by Crippen LogP contribution is 2.26. The van der Waals surface area contributed by atoms with Crippen LogP contribution in [0.1, 0.15) is 88.2 Å². The van der Waals surface area contributed by atoms with Gasteiger partial charge in [-0.2, -0.15) is 0 Å². The molecule has 0 aromatic heterocycles. The van der Waals surface area contributed by atoms with Gasteiger partial charge in [-0.1, -0.05) is 112 Å². The Morgan fingerprint density at radius 1 is 0.634 bits per heavy atom. The highest BCUT2D eigenvalue weighted by atomic mass is 16.2. The van der Waals surface area contributed by atoms with Crippen molar-refractivity contribution in [2.24, 2.45) is 0 Å². The molecule has 3 amide bonds. The van der Waals surface area contributed by atoms with Crippen LogP contribution in [0.3, 0.4) is 0 Å². The zero-order valence-electron chi connectivity index (χ0n) is 24.3. The van der Waals surface area contributed by atoms with Crippen molar-refractivity contribution in [2.45, 2.75) is 83.1 Å². The predicted octanol–water partition coefficient (Wildman–Crippen LogP) is 6.29. The molecule has 0 saturated carbocycles. The van der Waals surface area contributed by atoms with Crippen molar-refractivity contribution in [3.63, 3.8) is 0 Å². The van der Waals surface area contributed by atoms with Gasteiger partial charge in [-0.05, 0) is 48.5 Å². The van der Waals surface area contributed by atoms with Crippen LogP contribution in [0.15, 0.2) is 72.8 Å². The van der Waals surface area contributed by atoms with Crippen molar-refractivity contribution >= 4 is 28.9 Å². The van der Waals surface area contributed by atoms with Gasteiger partial charge in [-0.15, -0.1) is 0 Å². The Labute approximate surface area is 245 Å². The predicted molar refractivity (Wildman–Crippen MR) is 166 cm³/mol. The average Bonchev–Trinajstić information content (AvgIpc) is 3.50. The van der Waals surface area contributed by atoms with Crippen LogP contribution in [-0.2, 0) is 14.4 Å². The van der Waals surface area contributed by atoms with E-state index in [0.717, 1.165) is 55.2 Å². The molecule has 0 spiro atoms. The van der Waals surface area contributed by atoms with Crippen molar-refractivity contribution in [1.29, 1.82) is 0 Å². The molecule has 218 valence electrons. The Balaban J connectivity index is 1.62. The second-order valence-corrected chi connectivity index (χ2v) is 11.2. The highest BCUT2D eigenvalue weighted by molar-refractivity contribution is 6.20. The summed E-state index contributed by atoms with van der Waals surface area (Å²) in [6.45, 7) is 1.60. The normalized spacial score (nSPS) is 23.8. The van der Waals surface area contributed by atoms with Crippen LogP contribution in [0, 0.1) is 0 Å². The number of carbonyl (C=O) groups excluding carboxylic acids is 3. The molecule has 2 aliphatic heterocycles. The summed E-state index contributed by atoms with van der Waals surface area (Å²) < 4.78 is 0. The van der Waals surface area contributed by atoms with Gasteiger partial charge in [-0.3, -0.25) is 14.4 Å². The molecule has 0 aliphatic carbocycles. The molecule has 2 aromatic rings. The first-order chi connectivity index (χ1) is 20.1. The number of fused-ring (bicyclic) bond motifs is 1. The van der Waals surface area contributed by atoms with E-state index >= 15 is 0 Å². The Bertz CT molecular complexity index is 1190. The smallest absolute Gasteiger partial charge is 0.255 e. The summed E-state index contributed by atoms with van der Waals surface area (Å²) in [5, 5.41) is 6.20. The van der Waals surface area contributed by atoms with Crippen molar-refractivity contribution in [3.05, 3.63) is 83.9 Å². The lowest BCUT2D eigenvalue weighted by Crippen LogP contribution is -2.46. The molecule has 1 atom stereocenters. The molecule has 6 heteroatoms. The largest absolute Gasteiger partial charge is 0.354 e. The number of carbonyl (C=O) groups is 3. The summed E-state index contributed by atoms with van der Waals surface area (Å²) >= 11 is 0. The molecule has 0 bridgehead atoms. The zero-order valence-corrected chi connectivity index (χ0v) is 24.3. The summed E-state index contributed by atoms with van der Waals surface area (Å²) in [6, 6.07) is 19.1. The molecule has 2 heterocycles. The molecule has 1 saturated heterocycles. The van der Waals surface area contributed by atoms with E-state index in [-0.39, 0.29) is 17.7 Å².